The Balaban J connectivity index is 2.63. The molecule has 35 valence electrons. The first-order valence-corrected chi connectivity index (χ1v) is 4.28. The van der Waals surface area contributed by atoms with Crippen molar-refractivity contribution < 1.29 is 39.6 Å². The number of nitrogens with zero attached hydrogens (tertiary/aromatic N) is 1. The van der Waals surface area contributed by atoms with Gasteiger partial charge in [0.05, 0.1) is 0 Å². The Morgan fingerprint density at radius 2 is 2.00 bits per heavy atom. The van der Waals surface area contributed by atoms with Crippen LogP contribution >= 0.6 is 0 Å². The number of hydrogen-bond donors (Lipinski definition) is 0. The molecule has 1 nitrogen and oxygen atoms in total. The fourth-order valence-corrected chi connectivity index (χ4v) is 1.63. The van der Waals surface area contributed by atoms with Gasteiger partial charge in [0, 0.05) is 0 Å². The van der Waals surface area contributed by atoms with Crippen molar-refractivity contribution in [1.82, 2.24) is 4.90 Å². The standard InChI is InChI=1S/C4H10N.Ce/c1-4-5(2)3;/h1,4H2,2-3H3;. The molecular formula is C4H10CeN. The first-order chi connectivity index (χ1) is 2.77. The van der Waals surface area contributed by atoms with E-state index in [9.17, 15) is 0 Å². The molecule has 6 heavy (non-hydrogen) atoms. The monoisotopic (exact) mass is 212 g/mol. The summed E-state index contributed by atoms with van der Waals surface area (Å²) in [7, 11) is 4.22. The molecule has 0 spiro atoms. The second kappa shape index (κ2) is 4.49. The molecule has 0 saturated heterocycles. The molecule has 0 radical (unpaired) electrons. The number of rotatable bonds is 2. The first-order valence-electron chi connectivity index (χ1n) is 2.06. The fourth-order valence-electron chi connectivity index (χ4n) is 0.224. The van der Waals surface area contributed by atoms with E-state index in [1.165, 1.54) is 48.1 Å². The zero-order valence-corrected chi connectivity index (χ0v) is 7.50. The molecule has 0 aromatic rings. The van der Waals surface area contributed by atoms with Crippen molar-refractivity contribution in [3.63, 3.8) is 0 Å². The Hall–Kier alpha value is 1.34. The van der Waals surface area contributed by atoms with Gasteiger partial charge in [0.1, 0.15) is 0 Å². The maximum atomic E-state index is 2.22. The summed E-state index contributed by atoms with van der Waals surface area (Å²) in [6.45, 7) is 1.27. The van der Waals surface area contributed by atoms with Gasteiger partial charge in [0.2, 0.25) is 0 Å². The van der Waals surface area contributed by atoms with E-state index in [-0.39, 0.29) is 0 Å². The van der Waals surface area contributed by atoms with Gasteiger partial charge < -0.3 is 0 Å². The van der Waals surface area contributed by atoms with E-state index in [1.54, 1.807) is 0 Å². The minimum atomic E-state index is 1.27. The normalized spacial score (nSPS) is 9.67. The van der Waals surface area contributed by atoms with Crippen LogP contribution in [0.5, 0.6) is 0 Å². The Labute approximate surface area is 66.4 Å². The summed E-state index contributed by atoms with van der Waals surface area (Å²) in [6.07, 6.45) is 0. The van der Waals surface area contributed by atoms with Crippen LogP contribution in [0.4, 0.5) is 0 Å². The van der Waals surface area contributed by atoms with Crippen molar-refractivity contribution in [2.45, 2.75) is 1.94 Å². The third kappa shape index (κ3) is 5.34. The summed E-state index contributed by atoms with van der Waals surface area (Å²) in [5, 5.41) is 0. The summed E-state index contributed by atoms with van der Waals surface area (Å²) < 4.78 is 1.40. The molecule has 0 bridgehead atoms. The molecule has 2 heteroatoms. The maximum absolute atomic E-state index is 2.22. The van der Waals surface area contributed by atoms with Gasteiger partial charge in [0.15, 0.2) is 0 Å². The van der Waals surface area contributed by atoms with E-state index < -0.39 is 0 Å². The second-order valence-corrected chi connectivity index (χ2v) is 3.12. The van der Waals surface area contributed by atoms with Crippen LogP contribution in [0.25, 0.3) is 0 Å². The van der Waals surface area contributed by atoms with E-state index >= 15 is 0 Å². The first kappa shape index (κ1) is 7.34. The zero-order chi connectivity index (χ0) is 4.99. The van der Waals surface area contributed by atoms with Gasteiger partial charge in [-0.2, -0.15) is 0 Å². The van der Waals surface area contributed by atoms with Crippen molar-refractivity contribution in [2.75, 3.05) is 20.6 Å². The minimum absolute atomic E-state index is 1.27. The Morgan fingerprint density at radius 1 is 1.50 bits per heavy atom. The van der Waals surface area contributed by atoms with Gasteiger partial charge in [-0.05, 0) is 0 Å². The van der Waals surface area contributed by atoms with Gasteiger partial charge in [-0.15, -0.1) is 0 Å². The van der Waals surface area contributed by atoms with E-state index in [2.05, 4.69) is 19.0 Å². The third-order valence-corrected chi connectivity index (χ3v) is 1.26. The van der Waals surface area contributed by atoms with Crippen LogP contribution in [0.15, 0.2) is 0 Å². The third-order valence-electron chi connectivity index (χ3n) is 0.559. The molecule has 0 fully saturated rings. The molecule has 0 aliphatic rings. The Kier molecular flexibility index (Phi) is 5.50. The van der Waals surface area contributed by atoms with E-state index in [1.807, 2.05) is 0 Å². The van der Waals surface area contributed by atoms with Crippen molar-refractivity contribution >= 4 is 0 Å². The summed E-state index contributed by atoms with van der Waals surface area (Å²) in [5.74, 6) is 0. The average Bonchev–Trinajstić information content (AvgIpc) is 1.35. The topological polar surface area (TPSA) is 3.24 Å². The van der Waals surface area contributed by atoms with Gasteiger partial charge in [-0.25, -0.2) is 0 Å². The summed E-state index contributed by atoms with van der Waals surface area (Å²) >= 11 is 1.35. The van der Waals surface area contributed by atoms with E-state index in [4.69, 9.17) is 0 Å². The van der Waals surface area contributed by atoms with Crippen LogP contribution in [0.3, 0.4) is 0 Å². The molecular weight excluding hydrogens is 202 g/mol. The van der Waals surface area contributed by atoms with Crippen LogP contribution in [0.1, 0.15) is 0 Å². The predicted molar refractivity (Wildman–Crippen MR) is 23.4 cm³/mol. The number of hydrogen-bond acceptors (Lipinski definition) is 1. The van der Waals surface area contributed by atoms with Crippen molar-refractivity contribution in [1.29, 1.82) is 0 Å². The molecule has 0 aliphatic heterocycles. The molecule has 0 N–H and O–H groups in total. The molecule has 0 aliphatic carbocycles. The van der Waals surface area contributed by atoms with Crippen LogP contribution in [0.2, 0.25) is 1.94 Å². The molecule has 0 heterocycles. The Morgan fingerprint density at radius 3 is 2.00 bits per heavy atom. The SMILES string of the molecule is CN(C)C[CH2][Ce]. The molecule has 0 aromatic heterocycles. The van der Waals surface area contributed by atoms with Gasteiger partial charge >= 0.3 is 67.1 Å². The predicted octanol–water partition coefficient (Wildman–Crippen LogP) is 0.516. The van der Waals surface area contributed by atoms with Gasteiger partial charge in [0.25, 0.3) is 0 Å². The van der Waals surface area contributed by atoms with Crippen molar-refractivity contribution in [3.05, 3.63) is 0 Å². The van der Waals surface area contributed by atoms with Crippen LogP contribution < -0.4 is 0 Å². The van der Waals surface area contributed by atoms with Crippen LogP contribution in [-0.4, -0.2) is 25.5 Å². The van der Waals surface area contributed by atoms with Gasteiger partial charge in [-0.1, -0.05) is 0 Å². The van der Waals surface area contributed by atoms with Crippen LogP contribution in [0, 0.1) is 39.6 Å². The van der Waals surface area contributed by atoms with Gasteiger partial charge in [-0.3, -0.25) is 0 Å². The molecule has 0 rings (SSSR count). The second-order valence-electron chi connectivity index (χ2n) is 1.55. The van der Waals surface area contributed by atoms with E-state index in [0.29, 0.717) is 0 Å². The van der Waals surface area contributed by atoms with Crippen molar-refractivity contribution in [2.24, 2.45) is 0 Å². The summed E-state index contributed by atoms with van der Waals surface area (Å²) in [5.41, 5.74) is 0. The quantitative estimate of drug-likeness (QED) is 0.645. The molecule has 0 atom stereocenters. The molecule has 0 unspecified atom stereocenters. The molecule has 0 amide bonds. The van der Waals surface area contributed by atoms with Crippen LogP contribution in [-0.2, 0) is 0 Å². The molecule has 0 aromatic carbocycles. The Bertz CT molecular complexity index is 28.7. The zero-order valence-electron chi connectivity index (χ0n) is 4.36. The summed E-state index contributed by atoms with van der Waals surface area (Å²) in [6, 6.07) is 0. The van der Waals surface area contributed by atoms with Crippen molar-refractivity contribution in [3.8, 4) is 0 Å². The molecule has 0 saturated carbocycles. The average molecular weight is 212 g/mol. The summed E-state index contributed by atoms with van der Waals surface area (Å²) in [4.78, 5) is 2.22. The fraction of sp³-hybridized carbons (Fsp3) is 1.00. The van der Waals surface area contributed by atoms with E-state index in [0.717, 1.165) is 0 Å².